The van der Waals surface area contributed by atoms with Crippen LogP contribution in [0.2, 0.25) is 5.02 Å². The fourth-order valence-electron chi connectivity index (χ4n) is 1.64. The summed E-state index contributed by atoms with van der Waals surface area (Å²) >= 11 is 5.80. The molecule has 21 heavy (non-hydrogen) atoms. The van der Waals surface area contributed by atoms with Gasteiger partial charge in [0.2, 0.25) is 0 Å². The van der Waals surface area contributed by atoms with Crippen molar-refractivity contribution in [2.24, 2.45) is 7.05 Å². The minimum atomic E-state index is -3.15. The molecule has 0 spiro atoms. The number of rotatable bonds is 4. The molecule has 5 nitrogen and oxygen atoms in total. The number of carbonyl (C=O) groups is 1. The van der Waals surface area contributed by atoms with E-state index in [0.29, 0.717) is 0 Å². The maximum Gasteiger partial charge on any atom is 0.387 e. The molecule has 1 heterocycles. The molecule has 0 atom stereocenters. The minimum absolute atomic E-state index is 0.0315. The van der Waals surface area contributed by atoms with Crippen LogP contribution >= 0.6 is 11.6 Å². The first kappa shape index (κ1) is 15.2. The summed E-state index contributed by atoms with van der Waals surface area (Å²) in [6, 6.07) is 2.85. The lowest BCUT2D eigenvalue weighted by atomic mass is 10.2. The maximum atomic E-state index is 13.1. The van der Waals surface area contributed by atoms with Crippen molar-refractivity contribution in [3.63, 3.8) is 0 Å². The predicted molar refractivity (Wildman–Crippen MR) is 69.2 cm³/mol. The molecule has 0 saturated heterocycles. The molecule has 1 amide bonds. The van der Waals surface area contributed by atoms with Gasteiger partial charge in [0.05, 0.1) is 16.9 Å². The second-order valence-electron chi connectivity index (χ2n) is 3.94. The van der Waals surface area contributed by atoms with Crippen LogP contribution in [0.4, 0.5) is 18.9 Å². The Morgan fingerprint density at radius 3 is 2.76 bits per heavy atom. The van der Waals surface area contributed by atoms with Crippen LogP contribution in [0.25, 0.3) is 0 Å². The van der Waals surface area contributed by atoms with Gasteiger partial charge in [0.25, 0.3) is 5.91 Å². The van der Waals surface area contributed by atoms with Gasteiger partial charge < -0.3 is 10.1 Å². The molecule has 0 radical (unpaired) electrons. The summed E-state index contributed by atoms with van der Waals surface area (Å²) in [5.41, 5.74) is -0.0806. The Bertz CT molecular complexity index is 656. The highest BCUT2D eigenvalue weighted by atomic mass is 35.5. The lowest BCUT2D eigenvalue weighted by molar-refractivity contribution is -0.0495. The standard InChI is InChI=1S/C12H9ClF3N3O2/c1-19-10(7(13)5-17-19)11(20)18-8-3-2-6(14)4-9(8)21-12(15)16/h2-5,12H,1H3,(H,18,20). The van der Waals surface area contributed by atoms with Gasteiger partial charge in [0, 0.05) is 13.1 Å². The van der Waals surface area contributed by atoms with Gasteiger partial charge in [-0.2, -0.15) is 13.9 Å². The number of carbonyl (C=O) groups excluding carboxylic acids is 1. The van der Waals surface area contributed by atoms with E-state index < -0.39 is 24.1 Å². The maximum absolute atomic E-state index is 13.1. The summed E-state index contributed by atoms with van der Waals surface area (Å²) in [6.45, 7) is -3.15. The molecule has 0 saturated carbocycles. The summed E-state index contributed by atoms with van der Waals surface area (Å²) in [4.78, 5) is 12.0. The van der Waals surface area contributed by atoms with Crippen molar-refractivity contribution >= 4 is 23.2 Å². The highest BCUT2D eigenvalue weighted by Gasteiger charge is 2.18. The van der Waals surface area contributed by atoms with E-state index in [-0.39, 0.29) is 16.4 Å². The van der Waals surface area contributed by atoms with Crippen molar-refractivity contribution in [1.82, 2.24) is 9.78 Å². The van der Waals surface area contributed by atoms with E-state index >= 15 is 0 Å². The van der Waals surface area contributed by atoms with Crippen molar-refractivity contribution < 1.29 is 22.7 Å². The average molecular weight is 320 g/mol. The summed E-state index contributed by atoms with van der Waals surface area (Å²) in [5.74, 6) is -1.95. The average Bonchev–Trinajstić information content (AvgIpc) is 2.71. The van der Waals surface area contributed by atoms with E-state index in [4.69, 9.17) is 11.6 Å². The topological polar surface area (TPSA) is 56.2 Å². The van der Waals surface area contributed by atoms with E-state index in [0.717, 1.165) is 18.2 Å². The lowest BCUT2D eigenvalue weighted by Gasteiger charge is -2.12. The van der Waals surface area contributed by atoms with Gasteiger partial charge in [-0.25, -0.2) is 4.39 Å². The van der Waals surface area contributed by atoms with E-state index in [1.165, 1.54) is 17.9 Å². The molecule has 0 aliphatic heterocycles. The van der Waals surface area contributed by atoms with Crippen LogP contribution in [0.1, 0.15) is 10.5 Å². The van der Waals surface area contributed by atoms with Gasteiger partial charge >= 0.3 is 6.61 Å². The van der Waals surface area contributed by atoms with Crippen LogP contribution in [-0.2, 0) is 7.05 Å². The zero-order chi connectivity index (χ0) is 15.6. The van der Waals surface area contributed by atoms with Crippen LogP contribution in [0, 0.1) is 5.82 Å². The Hall–Kier alpha value is -2.22. The van der Waals surface area contributed by atoms with Gasteiger partial charge in [-0.3, -0.25) is 9.48 Å². The normalized spacial score (nSPS) is 10.8. The summed E-state index contributed by atoms with van der Waals surface area (Å²) in [7, 11) is 1.49. The number of anilines is 1. The molecule has 1 N–H and O–H groups in total. The monoisotopic (exact) mass is 319 g/mol. The number of amides is 1. The minimum Gasteiger partial charge on any atom is -0.432 e. The first-order valence-electron chi connectivity index (χ1n) is 5.61. The molecule has 0 unspecified atom stereocenters. The van der Waals surface area contributed by atoms with Crippen molar-refractivity contribution in [1.29, 1.82) is 0 Å². The molecule has 1 aromatic heterocycles. The molecule has 112 valence electrons. The Kier molecular flexibility index (Phi) is 4.37. The van der Waals surface area contributed by atoms with Crippen LogP contribution in [0.15, 0.2) is 24.4 Å². The number of aromatic nitrogens is 2. The number of halogens is 4. The highest BCUT2D eigenvalue weighted by Crippen LogP contribution is 2.28. The van der Waals surface area contributed by atoms with Crippen LogP contribution in [0.3, 0.4) is 0 Å². The van der Waals surface area contributed by atoms with Crippen LogP contribution in [0.5, 0.6) is 5.75 Å². The zero-order valence-corrected chi connectivity index (χ0v) is 11.4. The first-order valence-corrected chi connectivity index (χ1v) is 5.99. The first-order chi connectivity index (χ1) is 9.88. The number of ether oxygens (including phenoxy) is 1. The molecule has 2 rings (SSSR count). The number of aryl methyl sites for hydroxylation is 1. The summed E-state index contributed by atoms with van der Waals surface area (Å²) in [6.07, 6.45) is 1.26. The van der Waals surface area contributed by atoms with E-state index in [9.17, 15) is 18.0 Å². The van der Waals surface area contributed by atoms with Crippen molar-refractivity contribution in [2.75, 3.05) is 5.32 Å². The fraction of sp³-hybridized carbons (Fsp3) is 0.167. The second kappa shape index (κ2) is 6.04. The summed E-state index contributed by atoms with van der Waals surface area (Å²) in [5, 5.41) is 6.19. The number of benzene rings is 1. The zero-order valence-electron chi connectivity index (χ0n) is 10.6. The third-order valence-electron chi connectivity index (χ3n) is 2.52. The molecule has 0 bridgehead atoms. The van der Waals surface area contributed by atoms with Gasteiger partial charge in [-0.1, -0.05) is 11.6 Å². The molecule has 0 aliphatic carbocycles. The predicted octanol–water partition coefficient (Wildman–Crippen LogP) is 3.07. The molecular formula is C12H9ClF3N3O2. The third kappa shape index (κ3) is 3.46. The van der Waals surface area contributed by atoms with Gasteiger partial charge in [0.15, 0.2) is 5.75 Å². The number of nitrogens with zero attached hydrogens (tertiary/aromatic N) is 2. The van der Waals surface area contributed by atoms with Crippen molar-refractivity contribution in [3.05, 3.63) is 40.9 Å². The quantitative estimate of drug-likeness (QED) is 0.942. The highest BCUT2D eigenvalue weighted by molar-refractivity contribution is 6.34. The number of hydrogen-bond donors (Lipinski definition) is 1. The third-order valence-corrected chi connectivity index (χ3v) is 2.79. The molecule has 0 fully saturated rings. The Morgan fingerprint density at radius 2 is 2.19 bits per heavy atom. The van der Waals surface area contributed by atoms with Crippen LogP contribution in [-0.4, -0.2) is 22.3 Å². The van der Waals surface area contributed by atoms with E-state index in [2.05, 4.69) is 15.2 Å². The lowest BCUT2D eigenvalue weighted by Crippen LogP contribution is -2.17. The Morgan fingerprint density at radius 1 is 1.48 bits per heavy atom. The number of nitrogens with one attached hydrogen (secondary N) is 1. The Labute approximate surface area is 122 Å². The number of hydrogen-bond acceptors (Lipinski definition) is 3. The fourth-order valence-corrected chi connectivity index (χ4v) is 1.89. The largest absolute Gasteiger partial charge is 0.432 e. The Balaban J connectivity index is 2.29. The molecule has 9 heteroatoms. The van der Waals surface area contributed by atoms with E-state index in [1.54, 1.807) is 0 Å². The van der Waals surface area contributed by atoms with Crippen molar-refractivity contribution in [2.45, 2.75) is 6.61 Å². The van der Waals surface area contributed by atoms with Gasteiger partial charge in [-0.05, 0) is 12.1 Å². The molecule has 1 aromatic carbocycles. The van der Waals surface area contributed by atoms with Crippen LogP contribution < -0.4 is 10.1 Å². The van der Waals surface area contributed by atoms with Gasteiger partial charge in [0.1, 0.15) is 11.5 Å². The number of alkyl halides is 2. The summed E-state index contributed by atoms with van der Waals surface area (Å²) < 4.78 is 43.0. The molecule has 2 aromatic rings. The molecule has 0 aliphatic rings. The SMILES string of the molecule is Cn1ncc(Cl)c1C(=O)Nc1ccc(F)cc1OC(F)F. The van der Waals surface area contributed by atoms with E-state index in [1.807, 2.05) is 0 Å². The smallest absolute Gasteiger partial charge is 0.387 e. The molecular weight excluding hydrogens is 311 g/mol. The van der Waals surface area contributed by atoms with Gasteiger partial charge in [-0.15, -0.1) is 0 Å². The van der Waals surface area contributed by atoms with Crippen molar-refractivity contribution in [3.8, 4) is 5.75 Å². The second-order valence-corrected chi connectivity index (χ2v) is 4.35.